The number of hydrogen-bond donors (Lipinski definition) is 1. The topological polar surface area (TPSA) is 55.4 Å². The van der Waals surface area contributed by atoms with E-state index < -0.39 is 21.4 Å². The van der Waals surface area contributed by atoms with Crippen LogP contribution in [0.25, 0.3) is 0 Å². The molecule has 0 aliphatic carbocycles. The zero-order chi connectivity index (χ0) is 13.3. The maximum absolute atomic E-state index is 12.9. The first kappa shape index (κ1) is 14.1. The smallest absolute Gasteiger partial charge is 0.262 e. The van der Waals surface area contributed by atoms with Gasteiger partial charge in [0.05, 0.1) is 10.5 Å². The molecule has 1 rings (SSSR count). The quantitative estimate of drug-likeness (QED) is 0.848. The van der Waals surface area contributed by atoms with Crippen LogP contribution in [0.1, 0.15) is 26.3 Å². The van der Waals surface area contributed by atoms with Crippen LogP contribution in [0.3, 0.4) is 0 Å². The van der Waals surface area contributed by atoms with E-state index in [2.05, 4.69) is 0 Å². The lowest BCUT2D eigenvalue weighted by Crippen LogP contribution is -2.33. The van der Waals surface area contributed by atoms with Crippen molar-refractivity contribution in [2.75, 3.05) is 0 Å². The molecule has 1 N–H and O–H groups in total. The van der Waals surface area contributed by atoms with Gasteiger partial charge in [-0.3, -0.25) is 4.84 Å². The maximum Gasteiger partial charge on any atom is 0.262 e. The van der Waals surface area contributed by atoms with E-state index in [0.717, 1.165) is 12.1 Å². The molecule has 0 amide bonds. The molecule has 96 valence electrons. The minimum absolute atomic E-state index is 0.00292. The highest BCUT2D eigenvalue weighted by atomic mass is 32.2. The highest BCUT2D eigenvalue weighted by Crippen LogP contribution is 2.17. The third-order valence-electron chi connectivity index (χ3n) is 1.88. The van der Waals surface area contributed by atoms with Gasteiger partial charge in [0.2, 0.25) is 0 Å². The van der Waals surface area contributed by atoms with Crippen LogP contribution >= 0.6 is 0 Å². The Morgan fingerprint density at radius 1 is 1.29 bits per heavy atom. The van der Waals surface area contributed by atoms with Gasteiger partial charge in [-0.05, 0) is 51.5 Å². The van der Waals surface area contributed by atoms with Gasteiger partial charge in [-0.1, -0.05) is 4.89 Å². The van der Waals surface area contributed by atoms with Crippen LogP contribution in [0.4, 0.5) is 4.39 Å². The second-order valence-corrected chi connectivity index (χ2v) is 6.32. The first-order valence-corrected chi connectivity index (χ1v) is 6.56. The normalized spacial score (nSPS) is 12.8. The van der Waals surface area contributed by atoms with Crippen LogP contribution in [-0.2, 0) is 14.9 Å². The Balaban J connectivity index is 2.98. The number of hydrogen-bond acceptors (Lipinski definition) is 3. The molecule has 0 spiro atoms. The van der Waals surface area contributed by atoms with Gasteiger partial charge in [-0.25, -0.2) is 12.8 Å². The molecule has 0 aromatic heterocycles. The Hall–Kier alpha value is -0.980. The largest absolute Gasteiger partial charge is 0.281 e. The molecule has 0 fully saturated rings. The summed E-state index contributed by atoms with van der Waals surface area (Å²) in [6, 6.07) is 3.46. The van der Waals surface area contributed by atoms with Crippen molar-refractivity contribution in [3.8, 4) is 0 Å². The summed E-state index contributed by atoms with van der Waals surface area (Å²) in [6.07, 6.45) is 0. The molecule has 0 unspecified atom stereocenters. The van der Waals surface area contributed by atoms with Crippen LogP contribution in [0.2, 0.25) is 0 Å². The molecule has 0 aliphatic rings. The third kappa shape index (κ3) is 4.07. The molecular formula is C11H16FNO3S. The summed E-state index contributed by atoms with van der Waals surface area (Å²) >= 11 is 0. The van der Waals surface area contributed by atoms with Gasteiger partial charge in [-0.2, -0.15) is 0 Å². The zero-order valence-corrected chi connectivity index (χ0v) is 11.1. The predicted octanol–water partition coefficient (Wildman–Crippen LogP) is 2.14. The van der Waals surface area contributed by atoms with Crippen LogP contribution in [0, 0.1) is 12.7 Å². The molecule has 17 heavy (non-hydrogen) atoms. The van der Waals surface area contributed by atoms with Crippen molar-refractivity contribution in [1.82, 2.24) is 4.89 Å². The van der Waals surface area contributed by atoms with Gasteiger partial charge >= 0.3 is 0 Å². The van der Waals surface area contributed by atoms with Gasteiger partial charge in [0.15, 0.2) is 0 Å². The van der Waals surface area contributed by atoms with Crippen molar-refractivity contribution < 1.29 is 17.6 Å². The van der Waals surface area contributed by atoms with Crippen LogP contribution in [-0.4, -0.2) is 14.0 Å². The molecular weight excluding hydrogens is 245 g/mol. The average Bonchev–Trinajstić information content (AvgIpc) is 2.13. The molecule has 0 aliphatic heterocycles. The zero-order valence-electron chi connectivity index (χ0n) is 10.2. The van der Waals surface area contributed by atoms with E-state index in [4.69, 9.17) is 4.84 Å². The Kier molecular flexibility index (Phi) is 3.91. The minimum atomic E-state index is -3.78. The molecule has 0 bridgehead atoms. The Bertz CT molecular complexity index is 506. The molecule has 6 heteroatoms. The summed E-state index contributed by atoms with van der Waals surface area (Å²) in [4.78, 5) is 7.03. The summed E-state index contributed by atoms with van der Waals surface area (Å²) in [6.45, 7) is 6.67. The van der Waals surface area contributed by atoms with Crippen molar-refractivity contribution in [2.45, 2.75) is 38.2 Å². The van der Waals surface area contributed by atoms with E-state index in [1.165, 1.54) is 13.0 Å². The first-order chi connectivity index (χ1) is 7.62. The van der Waals surface area contributed by atoms with Crippen molar-refractivity contribution >= 4 is 10.0 Å². The highest BCUT2D eigenvalue weighted by Gasteiger charge is 2.21. The number of nitrogens with one attached hydrogen (secondary N) is 1. The van der Waals surface area contributed by atoms with E-state index in [-0.39, 0.29) is 4.90 Å². The van der Waals surface area contributed by atoms with Gasteiger partial charge < -0.3 is 0 Å². The summed E-state index contributed by atoms with van der Waals surface area (Å²) < 4.78 is 36.6. The van der Waals surface area contributed by atoms with E-state index in [1.807, 2.05) is 4.89 Å². The fourth-order valence-corrected chi connectivity index (χ4v) is 2.32. The summed E-state index contributed by atoms with van der Waals surface area (Å²) in [5.74, 6) is -0.474. The number of aryl methyl sites for hydroxylation is 1. The Morgan fingerprint density at radius 2 is 1.88 bits per heavy atom. The number of sulfonamides is 1. The molecule has 0 atom stereocenters. The minimum Gasteiger partial charge on any atom is -0.281 e. The molecule has 0 radical (unpaired) electrons. The second-order valence-electron chi connectivity index (χ2n) is 4.71. The number of benzene rings is 1. The van der Waals surface area contributed by atoms with Crippen molar-refractivity contribution in [3.05, 3.63) is 29.6 Å². The fourth-order valence-electron chi connectivity index (χ4n) is 1.14. The van der Waals surface area contributed by atoms with Crippen molar-refractivity contribution in [2.24, 2.45) is 0 Å². The number of halogens is 1. The lowest BCUT2D eigenvalue weighted by molar-refractivity contribution is -0.0357. The molecule has 4 nitrogen and oxygen atoms in total. The van der Waals surface area contributed by atoms with Crippen LogP contribution in [0.5, 0.6) is 0 Å². The van der Waals surface area contributed by atoms with Gasteiger partial charge in [0.25, 0.3) is 10.0 Å². The highest BCUT2D eigenvalue weighted by molar-refractivity contribution is 7.89. The fraction of sp³-hybridized carbons (Fsp3) is 0.455. The molecule has 0 saturated carbocycles. The SMILES string of the molecule is Cc1cc(F)ccc1S(=O)(=O)NOC(C)(C)C. The van der Waals surface area contributed by atoms with Crippen LogP contribution in [0.15, 0.2) is 23.1 Å². The van der Waals surface area contributed by atoms with Crippen molar-refractivity contribution in [3.63, 3.8) is 0 Å². The lowest BCUT2D eigenvalue weighted by atomic mass is 10.2. The standard InChI is InChI=1S/C11H16FNO3S/c1-8-7-9(12)5-6-10(8)17(14,15)13-16-11(2,3)4/h5-7,13H,1-4H3. The second kappa shape index (κ2) is 4.72. The summed E-state index contributed by atoms with van der Waals surface area (Å²) in [5.41, 5.74) is -0.309. The molecule has 0 heterocycles. The van der Waals surface area contributed by atoms with E-state index in [0.29, 0.717) is 5.56 Å². The Labute approximate surface area is 101 Å². The lowest BCUT2D eigenvalue weighted by Gasteiger charge is -2.19. The van der Waals surface area contributed by atoms with Gasteiger partial charge in [0.1, 0.15) is 5.82 Å². The first-order valence-electron chi connectivity index (χ1n) is 5.08. The third-order valence-corrected chi connectivity index (χ3v) is 3.22. The average molecular weight is 261 g/mol. The summed E-state index contributed by atoms with van der Waals surface area (Å²) in [7, 11) is -3.78. The van der Waals surface area contributed by atoms with E-state index in [1.54, 1.807) is 20.8 Å². The van der Waals surface area contributed by atoms with Crippen LogP contribution < -0.4 is 4.89 Å². The number of rotatable bonds is 3. The van der Waals surface area contributed by atoms with E-state index in [9.17, 15) is 12.8 Å². The monoisotopic (exact) mass is 261 g/mol. The molecule has 0 saturated heterocycles. The van der Waals surface area contributed by atoms with Gasteiger partial charge in [0, 0.05) is 0 Å². The molecule has 1 aromatic carbocycles. The summed E-state index contributed by atoms with van der Waals surface area (Å²) in [5, 5.41) is 0. The van der Waals surface area contributed by atoms with Crippen molar-refractivity contribution in [1.29, 1.82) is 0 Å². The maximum atomic E-state index is 12.9. The van der Waals surface area contributed by atoms with Gasteiger partial charge in [-0.15, -0.1) is 0 Å². The molecule has 1 aromatic rings. The predicted molar refractivity (Wildman–Crippen MR) is 62.3 cm³/mol. The Morgan fingerprint density at radius 3 is 2.35 bits per heavy atom. The van der Waals surface area contributed by atoms with E-state index >= 15 is 0 Å².